The summed E-state index contributed by atoms with van der Waals surface area (Å²) < 4.78 is 0.826. The van der Waals surface area contributed by atoms with Crippen molar-refractivity contribution in [2.24, 2.45) is 5.10 Å². The molecule has 23 heavy (non-hydrogen) atoms. The van der Waals surface area contributed by atoms with Gasteiger partial charge in [-0.3, -0.25) is 5.01 Å². The van der Waals surface area contributed by atoms with Crippen LogP contribution in [0.1, 0.15) is 23.6 Å². The summed E-state index contributed by atoms with van der Waals surface area (Å²) in [5.74, 6) is 0.220. The smallest absolute Gasteiger partial charge is 0.148 e. The average molecular weight is 394 g/mol. The highest BCUT2D eigenvalue weighted by molar-refractivity contribution is 9.10. The number of hydrogen-bond acceptors (Lipinski definition) is 4. The number of aromatic hydroxyl groups is 1. The van der Waals surface area contributed by atoms with Gasteiger partial charge in [0.25, 0.3) is 0 Å². The summed E-state index contributed by atoms with van der Waals surface area (Å²) in [6, 6.07) is 11.8. The number of halogens is 2. The van der Waals surface area contributed by atoms with Crippen molar-refractivity contribution in [1.29, 1.82) is 0 Å². The topological polar surface area (TPSA) is 52.9 Å². The van der Waals surface area contributed by atoms with Gasteiger partial charge in [0.2, 0.25) is 0 Å². The molecule has 1 N–H and O–H groups in total. The Morgan fingerprint density at radius 1 is 1.26 bits per heavy atom. The van der Waals surface area contributed by atoms with E-state index in [1.54, 1.807) is 29.3 Å². The SMILES string of the molecule is O=CC(c1cc(Cl)ccc1Br)N1CCC(c2ccc(O)cc2)=N1. The largest absolute Gasteiger partial charge is 0.508 e. The lowest BCUT2D eigenvalue weighted by atomic mass is 10.1. The van der Waals surface area contributed by atoms with Gasteiger partial charge in [0.1, 0.15) is 18.1 Å². The Kier molecular flexibility index (Phi) is 4.68. The average Bonchev–Trinajstić information content (AvgIpc) is 3.02. The maximum Gasteiger partial charge on any atom is 0.148 e. The highest BCUT2D eigenvalue weighted by Gasteiger charge is 2.26. The van der Waals surface area contributed by atoms with Gasteiger partial charge < -0.3 is 9.90 Å². The fourth-order valence-electron chi connectivity index (χ4n) is 2.58. The highest BCUT2D eigenvalue weighted by Crippen LogP contribution is 2.31. The summed E-state index contributed by atoms with van der Waals surface area (Å²) in [7, 11) is 0. The van der Waals surface area contributed by atoms with E-state index in [-0.39, 0.29) is 5.75 Å². The van der Waals surface area contributed by atoms with E-state index in [9.17, 15) is 9.90 Å². The van der Waals surface area contributed by atoms with E-state index < -0.39 is 6.04 Å². The molecule has 2 aromatic carbocycles. The minimum absolute atomic E-state index is 0.220. The number of carbonyl (C=O) groups excluding carboxylic acids is 1. The Balaban J connectivity index is 1.90. The van der Waals surface area contributed by atoms with Crippen LogP contribution in [0.2, 0.25) is 5.02 Å². The summed E-state index contributed by atoms with van der Waals surface area (Å²) in [6.45, 7) is 0.651. The standard InChI is InChI=1S/C17H14BrClN2O2/c18-15-6-3-12(19)9-14(15)17(10-22)21-8-7-16(20-21)11-1-4-13(23)5-2-11/h1-6,9-10,17,23H,7-8H2. The fourth-order valence-corrected chi connectivity index (χ4v) is 3.24. The number of phenolic OH excluding ortho intramolecular Hbond substituents is 1. The molecule has 0 saturated carbocycles. The van der Waals surface area contributed by atoms with Crippen molar-refractivity contribution in [3.05, 3.63) is 63.1 Å². The molecular formula is C17H14BrClN2O2. The first-order valence-corrected chi connectivity index (χ1v) is 8.29. The molecule has 1 aliphatic heterocycles. The number of aldehydes is 1. The first-order chi connectivity index (χ1) is 11.1. The molecule has 0 spiro atoms. The maximum atomic E-state index is 11.6. The number of carbonyl (C=O) groups is 1. The first kappa shape index (κ1) is 16.0. The van der Waals surface area contributed by atoms with E-state index in [1.807, 2.05) is 18.2 Å². The Bertz CT molecular complexity index is 762. The van der Waals surface area contributed by atoms with E-state index >= 15 is 0 Å². The molecule has 0 bridgehead atoms. The Labute approximate surface area is 147 Å². The van der Waals surface area contributed by atoms with Crippen molar-refractivity contribution in [3.8, 4) is 5.75 Å². The second-order valence-electron chi connectivity index (χ2n) is 5.25. The quantitative estimate of drug-likeness (QED) is 0.794. The van der Waals surface area contributed by atoms with Crippen LogP contribution in [0.3, 0.4) is 0 Å². The van der Waals surface area contributed by atoms with E-state index in [2.05, 4.69) is 21.0 Å². The van der Waals surface area contributed by atoms with Gasteiger partial charge in [0.05, 0.1) is 5.71 Å². The number of phenols is 1. The molecule has 0 amide bonds. The monoisotopic (exact) mass is 392 g/mol. The molecule has 4 nitrogen and oxygen atoms in total. The molecule has 0 aliphatic carbocycles. The van der Waals surface area contributed by atoms with E-state index in [4.69, 9.17) is 11.6 Å². The number of hydrogen-bond donors (Lipinski definition) is 1. The summed E-state index contributed by atoms with van der Waals surface area (Å²) in [5.41, 5.74) is 2.64. The zero-order valence-electron chi connectivity index (χ0n) is 12.1. The van der Waals surface area contributed by atoms with Gasteiger partial charge >= 0.3 is 0 Å². The molecule has 0 saturated heterocycles. The predicted molar refractivity (Wildman–Crippen MR) is 93.9 cm³/mol. The molecule has 118 valence electrons. The second-order valence-corrected chi connectivity index (χ2v) is 6.54. The summed E-state index contributed by atoms with van der Waals surface area (Å²) in [6.07, 6.45) is 1.62. The third-order valence-electron chi connectivity index (χ3n) is 3.75. The third kappa shape index (κ3) is 3.41. The lowest BCUT2D eigenvalue weighted by Crippen LogP contribution is -2.23. The minimum atomic E-state index is -0.488. The van der Waals surface area contributed by atoms with Crippen molar-refractivity contribution in [2.75, 3.05) is 6.54 Å². The van der Waals surface area contributed by atoms with Gasteiger partial charge in [-0.1, -0.05) is 27.5 Å². The molecular weight excluding hydrogens is 380 g/mol. The van der Waals surface area contributed by atoms with Crippen LogP contribution in [-0.2, 0) is 4.79 Å². The van der Waals surface area contributed by atoms with Gasteiger partial charge in [-0.05, 0) is 53.6 Å². The Hall–Kier alpha value is -1.85. The maximum absolute atomic E-state index is 11.6. The number of benzene rings is 2. The van der Waals surface area contributed by atoms with Crippen LogP contribution < -0.4 is 0 Å². The van der Waals surface area contributed by atoms with Gasteiger partial charge in [0, 0.05) is 22.5 Å². The Morgan fingerprint density at radius 3 is 2.70 bits per heavy atom. The lowest BCUT2D eigenvalue weighted by Gasteiger charge is -2.22. The summed E-state index contributed by atoms with van der Waals surface area (Å²) in [4.78, 5) is 11.6. The van der Waals surface area contributed by atoms with E-state index in [0.717, 1.165) is 34.0 Å². The number of nitrogens with zero attached hydrogens (tertiary/aromatic N) is 2. The van der Waals surface area contributed by atoms with Gasteiger partial charge in [-0.15, -0.1) is 0 Å². The third-order valence-corrected chi connectivity index (χ3v) is 4.71. The minimum Gasteiger partial charge on any atom is -0.508 e. The number of hydrazone groups is 1. The molecule has 2 aromatic rings. The summed E-state index contributed by atoms with van der Waals surface area (Å²) in [5, 5.41) is 16.3. The molecule has 1 atom stereocenters. The van der Waals surface area contributed by atoms with Crippen molar-refractivity contribution in [3.63, 3.8) is 0 Å². The van der Waals surface area contributed by atoms with Crippen LogP contribution in [-0.4, -0.2) is 28.7 Å². The van der Waals surface area contributed by atoms with Gasteiger partial charge in [-0.2, -0.15) is 5.10 Å². The van der Waals surface area contributed by atoms with Crippen LogP contribution in [0.4, 0.5) is 0 Å². The molecule has 0 fully saturated rings. The van der Waals surface area contributed by atoms with Crippen LogP contribution in [0.5, 0.6) is 5.75 Å². The van der Waals surface area contributed by atoms with Crippen molar-refractivity contribution < 1.29 is 9.90 Å². The first-order valence-electron chi connectivity index (χ1n) is 7.12. The van der Waals surface area contributed by atoms with Crippen molar-refractivity contribution >= 4 is 39.5 Å². The normalized spacial score (nSPS) is 15.4. The van der Waals surface area contributed by atoms with Crippen molar-refractivity contribution in [1.82, 2.24) is 5.01 Å². The number of rotatable bonds is 4. The molecule has 6 heteroatoms. The van der Waals surface area contributed by atoms with E-state index in [1.165, 1.54) is 0 Å². The van der Waals surface area contributed by atoms with Gasteiger partial charge in [0.15, 0.2) is 0 Å². The molecule has 1 unspecified atom stereocenters. The summed E-state index contributed by atoms with van der Waals surface area (Å²) >= 11 is 9.52. The molecule has 3 rings (SSSR count). The molecule has 1 aliphatic rings. The predicted octanol–water partition coefficient (Wildman–Crippen LogP) is 4.16. The van der Waals surface area contributed by atoms with Crippen LogP contribution in [0.15, 0.2) is 52.0 Å². The molecule has 1 heterocycles. The zero-order valence-corrected chi connectivity index (χ0v) is 14.5. The van der Waals surface area contributed by atoms with Gasteiger partial charge in [-0.25, -0.2) is 0 Å². The molecule has 0 radical (unpaired) electrons. The zero-order chi connectivity index (χ0) is 16.4. The second kappa shape index (κ2) is 6.72. The molecule has 0 aromatic heterocycles. The fraction of sp³-hybridized carbons (Fsp3) is 0.176. The van der Waals surface area contributed by atoms with Crippen LogP contribution in [0.25, 0.3) is 0 Å². The van der Waals surface area contributed by atoms with Crippen LogP contribution in [0, 0.1) is 0 Å². The van der Waals surface area contributed by atoms with Crippen LogP contribution >= 0.6 is 27.5 Å². The highest BCUT2D eigenvalue weighted by atomic mass is 79.9. The lowest BCUT2D eigenvalue weighted by molar-refractivity contribution is -0.112. The van der Waals surface area contributed by atoms with E-state index in [0.29, 0.717) is 11.6 Å². The Morgan fingerprint density at radius 2 is 2.00 bits per heavy atom. The van der Waals surface area contributed by atoms with Crippen molar-refractivity contribution in [2.45, 2.75) is 12.5 Å².